The molecule has 0 amide bonds. The van der Waals surface area contributed by atoms with E-state index in [1.165, 1.54) is 31.1 Å². The Morgan fingerprint density at radius 3 is 2.17 bits per heavy atom. The van der Waals surface area contributed by atoms with Crippen LogP contribution in [0.15, 0.2) is 144 Å². The molecule has 3 aromatic heterocycles. The first-order valence-electron chi connectivity index (χ1n) is 16.3. The van der Waals surface area contributed by atoms with Crippen molar-refractivity contribution in [2.24, 2.45) is 0 Å². The summed E-state index contributed by atoms with van der Waals surface area (Å²) in [6.45, 7) is 0. The largest absolute Gasteiger partial charge is 0.455 e. The summed E-state index contributed by atoms with van der Waals surface area (Å²) in [5.41, 5.74) is 7.00. The van der Waals surface area contributed by atoms with Gasteiger partial charge in [0.15, 0.2) is 17.5 Å². The third kappa shape index (κ3) is 4.32. The molecule has 0 fully saturated rings. The van der Waals surface area contributed by atoms with Crippen LogP contribution in [0.3, 0.4) is 0 Å². The number of thiophene rings is 1. The second kappa shape index (κ2) is 10.8. The Kier molecular flexibility index (Phi) is 6.14. The lowest BCUT2D eigenvalue weighted by Crippen LogP contribution is -2.01. The molecule has 0 aliphatic heterocycles. The number of benzene rings is 6. The molecule has 0 bridgehead atoms. The maximum atomic E-state index is 6.64. The molecular formula is C43H27N3OS. The summed E-state index contributed by atoms with van der Waals surface area (Å²) in [7, 11) is 0. The molecule has 9 aromatic rings. The molecule has 0 unspecified atom stereocenters. The van der Waals surface area contributed by atoms with Crippen LogP contribution in [0.1, 0.15) is 18.4 Å². The Morgan fingerprint density at radius 1 is 0.562 bits per heavy atom. The number of rotatable bonds is 4. The van der Waals surface area contributed by atoms with Crippen molar-refractivity contribution >= 4 is 69.8 Å². The van der Waals surface area contributed by atoms with Crippen LogP contribution in [0.5, 0.6) is 0 Å². The molecule has 1 aliphatic rings. The van der Waals surface area contributed by atoms with Crippen molar-refractivity contribution in [1.29, 1.82) is 0 Å². The average Bonchev–Trinajstić information content (AvgIpc) is 3.74. The SMILES string of the molecule is C1=CCCC(c2ccc(-c3nc(-c4ccc5ccccc5c4)nc(-c4cccc5sc6ccccc6c45)n3)c3c2oc2ccccc23)=C1. The number of fused-ring (bicyclic) bond motifs is 7. The third-order valence-electron chi connectivity index (χ3n) is 9.41. The minimum absolute atomic E-state index is 0.625. The fourth-order valence-electron chi connectivity index (χ4n) is 7.13. The monoisotopic (exact) mass is 633 g/mol. The summed E-state index contributed by atoms with van der Waals surface area (Å²) in [6, 6.07) is 42.4. The van der Waals surface area contributed by atoms with Gasteiger partial charge in [-0.2, -0.15) is 0 Å². The predicted octanol–water partition coefficient (Wildman–Crippen LogP) is 12.0. The molecule has 0 saturated carbocycles. The minimum Gasteiger partial charge on any atom is -0.455 e. The van der Waals surface area contributed by atoms with Gasteiger partial charge < -0.3 is 4.42 Å². The van der Waals surface area contributed by atoms with Gasteiger partial charge in [-0.1, -0.05) is 109 Å². The van der Waals surface area contributed by atoms with Gasteiger partial charge in [0.2, 0.25) is 0 Å². The van der Waals surface area contributed by atoms with Gasteiger partial charge in [-0.25, -0.2) is 15.0 Å². The standard InChI is InChI=1S/C43H27N3OS/c1-2-12-27(13-3-1)30-23-24-34(39-31-15-6-8-18-35(31)47-40(30)39)43-45-41(29-22-21-26-11-4-5-14-28(26)25-29)44-42(46-43)33-17-10-20-37-38(33)32-16-7-9-19-36(32)48-37/h1-2,4-12,14-25H,3,13H2. The molecule has 0 saturated heterocycles. The molecule has 4 nitrogen and oxygen atoms in total. The van der Waals surface area contributed by atoms with Crippen LogP contribution < -0.4 is 0 Å². The van der Waals surface area contributed by atoms with E-state index in [2.05, 4.69) is 127 Å². The van der Waals surface area contributed by atoms with Crippen molar-refractivity contribution in [2.45, 2.75) is 12.8 Å². The second-order valence-electron chi connectivity index (χ2n) is 12.3. The summed E-state index contributed by atoms with van der Waals surface area (Å²) in [6.07, 6.45) is 8.55. The van der Waals surface area contributed by atoms with E-state index in [1.807, 2.05) is 12.1 Å². The first-order valence-corrected chi connectivity index (χ1v) is 17.1. The highest BCUT2D eigenvalue weighted by Crippen LogP contribution is 2.43. The summed E-state index contributed by atoms with van der Waals surface area (Å²) in [4.78, 5) is 15.7. The predicted molar refractivity (Wildman–Crippen MR) is 200 cm³/mol. The van der Waals surface area contributed by atoms with Crippen molar-refractivity contribution in [3.63, 3.8) is 0 Å². The van der Waals surface area contributed by atoms with Gasteiger partial charge in [0.25, 0.3) is 0 Å². The van der Waals surface area contributed by atoms with Gasteiger partial charge in [-0.3, -0.25) is 0 Å². The Bertz CT molecular complexity index is 2800. The maximum Gasteiger partial charge on any atom is 0.164 e. The van der Waals surface area contributed by atoms with Crippen LogP contribution in [0.25, 0.3) is 92.6 Å². The average molecular weight is 634 g/mol. The normalized spacial score (nSPS) is 13.3. The van der Waals surface area contributed by atoms with Crippen LogP contribution in [0.2, 0.25) is 0 Å². The van der Waals surface area contributed by atoms with Crippen LogP contribution in [-0.4, -0.2) is 15.0 Å². The van der Waals surface area contributed by atoms with Crippen molar-refractivity contribution in [3.05, 3.63) is 145 Å². The molecule has 0 N–H and O–H groups in total. The van der Waals surface area contributed by atoms with Gasteiger partial charge in [0.1, 0.15) is 11.2 Å². The first-order chi connectivity index (χ1) is 23.8. The van der Waals surface area contributed by atoms with Crippen molar-refractivity contribution < 1.29 is 4.42 Å². The fourth-order valence-corrected chi connectivity index (χ4v) is 8.26. The highest BCUT2D eigenvalue weighted by Gasteiger charge is 2.22. The Labute approximate surface area is 280 Å². The van der Waals surface area contributed by atoms with Crippen molar-refractivity contribution in [1.82, 2.24) is 15.0 Å². The lowest BCUT2D eigenvalue weighted by Gasteiger charge is -2.13. The molecule has 0 spiro atoms. The van der Waals surface area contributed by atoms with Crippen molar-refractivity contribution in [3.8, 4) is 34.2 Å². The smallest absolute Gasteiger partial charge is 0.164 e. The van der Waals surface area contributed by atoms with Crippen LogP contribution in [-0.2, 0) is 0 Å². The number of nitrogens with zero attached hydrogens (tertiary/aromatic N) is 3. The van der Waals surface area contributed by atoms with Gasteiger partial charge in [0.05, 0.1) is 0 Å². The molecule has 0 atom stereocenters. The van der Waals surface area contributed by atoms with Crippen LogP contribution >= 0.6 is 11.3 Å². The number of hydrogen-bond donors (Lipinski definition) is 0. The number of aromatic nitrogens is 3. The highest BCUT2D eigenvalue weighted by atomic mass is 32.1. The highest BCUT2D eigenvalue weighted by molar-refractivity contribution is 7.25. The molecule has 0 radical (unpaired) electrons. The summed E-state index contributed by atoms with van der Waals surface area (Å²) in [5, 5.41) is 6.79. The lowest BCUT2D eigenvalue weighted by atomic mass is 9.93. The Hall–Kier alpha value is -5.91. The number of hydrogen-bond acceptors (Lipinski definition) is 5. The molecule has 226 valence electrons. The fraction of sp³-hybridized carbons (Fsp3) is 0.0465. The molecule has 10 rings (SSSR count). The zero-order valence-electron chi connectivity index (χ0n) is 25.9. The van der Waals surface area contributed by atoms with E-state index in [0.29, 0.717) is 17.5 Å². The van der Waals surface area contributed by atoms with Gasteiger partial charge in [-0.15, -0.1) is 11.3 Å². The minimum atomic E-state index is 0.625. The Morgan fingerprint density at radius 2 is 1.29 bits per heavy atom. The molecule has 3 heterocycles. The molecule has 5 heteroatoms. The van der Waals surface area contributed by atoms with E-state index in [1.54, 1.807) is 11.3 Å². The molecule has 1 aliphatic carbocycles. The van der Waals surface area contributed by atoms with Crippen LogP contribution in [0.4, 0.5) is 0 Å². The topological polar surface area (TPSA) is 51.8 Å². The third-order valence-corrected chi connectivity index (χ3v) is 10.5. The maximum absolute atomic E-state index is 6.64. The number of para-hydroxylation sites is 1. The molecular weight excluding hydrogens is 607 g/mol. The molecule has 6 aromatic carbocycles. The molecule has 48 heavy (non-hydrogen) atoms. The number of furan rings is 1. The summed E-state index contributed by atoms with van der Waals surface area (Å²) in [5.74, 6) is 1.92. The van der Waals surface area contributed by atoms with E-state index in [4.69, 9.17) is 19.4 Å². The van der Waals surface area contributed by atoms with Gasteiger partial charge in [-0.05, 0) is 59.5 Å². The summed E-state index contributed by atoms with van der Waals surface area (Å²) < 4.78 is 9.10. The van der Waals surface area contributed by atoms with E-state index in [9.17, 15) is 0 Å². The Balaban J connectivity index is 1.28. The van der Waals surface area contributed by atoms with E-state index >= 15 is 0 Å². The first kappa shape index (κ1) is 27.2. The zero-order chi connectivity index (χ0) is 31.6. The van der Waals surface area contributed by atoms with Gasteiger partial charge >= 0.3 is 0 Å². The quantitative estimate of drug-likeness (QED) is 0.193. The van der Waals surface area contributed by atoms with E-state index in [-0.39, 0.29) is 0 Å². The second-order valence-corrected chi connectivity index (χ2v) is 13.4. The van der Waals surface area contributed by atoms with Gasteiger partial charge in [0, 0.05) is 53.2 Å². The zero-order valence-corrected chi connectivity index (χ0v) is 26.7. The van der Waals surface area contributed by atoms with Crippen LogP contribution in [0, 0.1) is 0 Å². The van der Waals surface area contributed by atoms with Crippen molar-refractivity contribution in [2.75, 3.05) is 0 Å². The lowest BCUT2D eigenvalue weighted by molar-refractivity contribution is 0.667. The van der Waals surface area contributed by atoms with E-state index in [0.717, 1.165) is 62.4 Å². The summed E-state index contributed by atoms with van der Waals surface area (Å²) >= 11 is 1.80. The van der Waals surface area contributed by atoms with E-state index < -0.39 is 0 Å². The number of allylic oxidation sites excluding steroid dienone is 4.